The number of nitrogens with zero attached hydrogens (tertiary/aromatic N) is 2. The first-order chi connectivity index (χ1) is 8.15. The molecule has 2 aromatic rings. The van der Waals surface area contributed by atoms with E-state index in [1.807, 2.05) is 0 Å². The van der Waals surface area contributed by atoms with E-state index in [1.54, 1.807) is 12.1 Å². The Labute approximate surface area is 101 Å². The van der Waals surface area contributed by atoms with Crippen LogP contribution in [0.15, 0.2) is 30.5 Å². The summed E-state index contributed by atoms with van der Waals surface area (Å²) in [5, 5.41) is 2.67. The predicted octanol–water partition coefficient (Wildman–Crippen LogP) is 3.02. The second-order valence-electron chi connectivity index (χ2n) is 3.32. The Morgan fingerprint density at radius 2 is 2.12 bits per heavy atom. The van der Waals surface area contributed by atoms with Crippen LogP contribution < -0.4 is 5.32 Å². The molecule has 1 aromatic heterocycles. The molecule has 0 saturated carbocycles. The Hall–Kier alpha value is -1.75. The fraction of sp³-hybridized carbons (Fsp3) is 0.0909. The Morgan fingerprint density at radius 3 is 2.88 bits per heavy atom. The summed E-state index contributed by atoms with van der Waals surface area (Å²) < 4.78 is 26.1. The normalized spacial score (nSPS) is 10.3. The van der Waals surface area contributed by atoms with E-state index < -0.39 is 5.82 Å². The van der Waals surface area contributed by atoms with Crippen molar-refractivity contribution in [2.45, 2.75) is 6.54 Å². The molecule has 0 atom stereocenters. The van der Waals surface area contributed by atoms with Crippen LogP contribution >= 0.6 is 11.6 Å². The minimum atomic E-state index is -0.606. The van der Waals surface area contributed by atoms with Crippen molar-refractivity contribution in [3.63, 3.8) is 0 Å². The second kappa shape index (κ2) is 5.05. The molecule has 0 aliphatic carbocycles. The number of anilines is 1. The molecule has 1 heterocycles. The number of rotatable bonds is 3. The van der Waals surface area contributed by atoms with Crippen molar-refractivity contribution in [3.05, 3.63) is 52.9 Å². The molecule has 0 spiro atoms. The van der Waals surface area contributed by atoms with Crippen LogP contribution in [0.5, 0.6) is 0 Å². The van der Waals surface area contributed by atoms with Crippen LogP contribution in [-0.4, -0.2) is 9.97 Å². The van der Waals surface area contributed by atoms with E-state index in [0.29, 0.717) is 5.56 Å². The molecule has 88 valence electrons. The van der Waals surface area contributed by atoms with E-state index in [0.717, 1.165) is 6.20 Å². The number of nitrogens with one attached hydrogen (secondary N) is 1. The average Bonchev–Trinajstić information content (AvgIpc) is 2.30. The molecule has 1 aromatic carbocycles. The van der Waals surface area contributed by atoms with E-state index in [2.05, 4.69) is 15.3 Å². The van der Waals surface area contributed by atoms with Gasteiger partial charge in [-0.15, -0.1) is 0 Å². The van der Waals surface area contributed by atoms with Crippen LogP contribution in [0.4, 0.5) is 14.6 Å². The maximum absolute atomic E-state index is 13.2. The minimum absolute atomic E-state index is 0.00531. The van der Waals surface area contributed by atoms with Crippen LogP contribution in [0.2, 0.25) is 5.28 Å². The first-order valence-electron chi connectivity index (χ1n) is 4.81. The van der Waals surface area contributed by atoms with Crippen molar-refractivity contribution in [3.8, 4) is 0 Å². The monoisotopic (exact) mass is 255 g/mol. The van der Waals surface area contributed by atoms with Gasteiger partial charge >= 0.3 is 0 Å². The highest BCUT2D eigenvalue weighted by molar-refractivity contribution is 6.28. The molecule has 0 radical (unpaired) electrons. The van der Waals surface area contributed by atoms with Gasteiger partial charge < -0.3 is 5.32 Å². The molecule has 1 N–H and O–H groups in total. The third-order valence-corrected chi connectivity index (χ3v) is 2.25. The van der Waals surface area contributed by atoms with E-state index in [9.17, 15) is 8.78 Å². The van der Waals surface area contributed by atoms with Crippen molar-refractivity contribution >= 4 is 17.4 Å². The fourth-order valence-electron chi connectivity index (χ4n) is 1.30. The van der Waals surface area contributed by atoms with Crippen LogP contribution in [0.1, 0.15) is 5.56 Å². The third-order valence-electron chi connectivity index (χ3n) is 2.06. The second-order valence-corrected chi connectivity index (χ2v) is 3.66. The lowest BCUT2D eigenvalue weighted by atomic mass is 10.2. The predicted molar refractivity (Wildman–Crippen MR) is 60.7 cm³/mol. The number of aromatic nitrogens is 2. The third kappa shape index (κ3) is 3.10. The molecular weight excluding hydrogens is 248 g/mol. The molecule has 6 heteroatoms. The zero-order chi connectivity index (χ0) is 12.3. The summed E-state index contributed by atoms with van der Waals surface area (Å²) in [7, 11) is 0. The number of hydrogen-bond acceptors (Lipinski definition) is 3. The SMILES string of the molecule is Fc1cccc(CNc2nc(Cl)ncc2F)c1. The van der Waals surface area contributed by atoms with Crippen molar-refractivity contribution in [2.24, 2.45) is 0 Å². The maximum Gasteiger partial charge on any atom is 0.224 e. The first kappa shape index (κ1) is 11.7. The Morgan fingerprint density at radius 1 is 1.29 bits per heavy atom. The quantitative estimate of drug-likeness (QED) is 0.857. The van der Waals surface area contributed by atoms with Crippen LogP contribution in [0.3, 0.4) is 0 Å². The highest BCUT2D eigenvalue weighted by Gasteiger charge is 2.05. The highest BCUT2D eigenvalue weighted by Crippen LogP contribution is 2.13. The largest absolute Gasteiger partial charge is 0.363 e. The Kier molecular flexibility index (Phi) is 3.49. The number of hydrogen-bond donors (Lipinski definition) is 1. The Balaban J connectivity index is 2.09. The molecule has 0 fully saturated rings. The van der Waals surface area contributed by atoms with Gasteiger partial charge in [0.2, 0.25) is 5.28 Å². The van der Waals surface area contributed by atoms with Gasteiger partial charge in [0.05, 0.1) is 6.20 Å². The van der Waals surface area contributed by atoms with Crippen molar-refractivity contribution < 1.29 is 8.78 Å². The number of benzene rings is 1. The molecule has 17 heavy (non-hydrogen) atoms. The van der Waals surface area contributed by atoms with Gasteiger partial charge in [-0.05, 0) is 29.3 Å². The molecule has 0 aliphatic rings. The van der Waals surface area contributed by atoms with Crippen molar-refractivity contribution in [2.75, 3.05) is 5.32 Å². The lowest BCUT2D eigenvalue weighted by Crippen LogP contribution is -2.04. The smallest absolute Gasteiger partial charge is 0.224 e. The van der Waals surface area contributed by atoms with Gasteiger partial charge in [0.1, 0.15) is 5.82 Å². The molecule has 0 aliphatic heterocycles. The van der Waals surface area contributed by atoms with Gasteiger partial charge in [-0.1, -0.05) is 12.1 Å². The standard InChI is InChI=1S/C11H8ClF2N3/c12-11-16-6-9(14)10(17-11)15-5-7-2-1-3-8(13)4-7/h1-4,6H,5H2,(H,15,16,17). The van der Waals surface area contributed by atoms with Gasteiger partial charge in [-0.3, -0.25) is 0 Å². The topological polar surface area (TPSA) is 37.8 Å². The van der Waals surface area contributed by atoms with Crippen LogP contribution in [0.25, 0.3) is 0 Å². The molecule has 0 unspecified atom stereocenters. The number of halogens is 3. The molecule has 2 rings (SSSR count). The lowest BCUT2D eigenvalue weighted by Gasteiger charge is -2.06. The van der Waals surface area contributed by atoms with Gasteiger partial charge in [0.25, 0.3) is 0 Å². The summed E-state index contributed by atoms with van der Waals surface area (Å²) >= 11 is 5.53. The molecule has 0 saturated heterocycles. The van der Waals surface area contributed by atoms with Gasteiger partial charge in [0, 0.05) is 6.54 Å². The summed E-state index contributed by atoms with van der Waals surface area (Å²) in [4.78, 5) is 7.17. The summed E-state index contributed by atoms with van der Waals surface area (Å²) in [6.07, 6.45) is 0.975. The molecular formula is C11H8ClF2N3. The van der Waals surface area contributed by atoms with Crippen molar-refractivity contribution in [1.29, 1.82) is 0 Å². The zero-order valence-electron chi connectivity index (χ0n) is 8.62. The van der Waals surface area contributed by atoms with Crippen LogP contribution in [0, 0.1) is 11.6 Å². The lowest BCUT2D eigenvalue weighted by molar-refractivity contribution is 0.616. The van der Waals surface area contributed by atoms with Crippen molar-refractivity contribution in [1.82, 2.24) is 9.97 Å². The van der Waals surface area contributed by atoms with E-state index >= 15 is 0 Å². The van der Waals surface area contributed by atoms with E-state index in [-0.39, 0.29) is 23.5 Å². The highest BCUT2D eigenvalue weighted by atomic mass is 35.5. The fourth-order valence-corrected chi connectivity index (χ4v) is 1.44. The van der Waals surface area contributed by atoms with Gasteiger partial charge in [-0.2, -0.15) is 4.98 Å². The van der Waals surface area contributed by atoms with Gasteiger partial charge in [-0.25, -0.2) is 13.8 Å². The van der Waals surface area contributed by atoms with Gasteiger partial charge in [0.15, 0.2) is 11.6 Å². The summed E-state index contributed by atoms with van der Waals surface area (Å²) in [6, 6.07) is 5.99. The van der Waals surface area contributed by atoms with Crippen LogP contribution in [-0.2, 0) is 6.54 Å². The molecule has 0 bridgehead atoms. The molecule has 3 nitrogen and oxygen atoms in total. The summed E-state index contributed by atoms with van der Waals surface area (Å²) in [6.45, 7) is 0.252. The molecule has 0 amide bonds. The van der Waals surface area contributed by atoms with E-state index in [1.165, 1.54) is 12.1 Å². The minimum Gasteiger partial charge on any atom is -0.363 e. The Bertz CT molecular complexity index is 534. The average molecular weight is 256 g/mol. The first-order valence-corrected chi connectivity index (χ1v) is 5.19. The zero-order valence-corrected chi connectivity index (χ0v) is 9.38. The summed E-state index contributed by atoms with van der Waals surface area (Å²) in [5.41, 5.74) is 0.680. The summed E-state index contributed by atoms with van der Waals surface area (Å²) in [5.74, 6) is -0.953. The maximum atomic E-state index is 13.2. The van der Waals surface area contributed by atoms with E-state index in [4.69, 9.17) is 11.6 Å².